The summed E-state index contributed by atoms with van der Waals surface area (Å²) in [5.74, 6) is -0.115. The molecule has 1 aliphatic carbocycles. The number of hydrogen-bond donors (Lipinski definition) is 1. The number of pyridine rings is 1. The zero-order valence-electron chi connectivity index (χ0n) is 14.5. The number of carbonyl (C=O) groups is 1. The van der Waals surface area contributed by atoms with Crippen LogP contribution in [0.2, 0.25) is 0 Å². The maximum atomic E-state index is 12.8. The quantitative estimate of drug-likeness (QED) is 0.849. The number of piperidine rings is 1. The van der Waals surface area contributed by atoms with Crippen molar-refractivity contribution in [1.82, 2.24) is 4.98 Å². The highest BCUT2D eigenvalue weighted by Gasteiger charge is 2.20. The van der Waals surface area contributed by atoms with Crippen LogP contribution in [0.3, 0.4) is 0 Å². The Morgan fingerprint density at radius 2 is 1.88 bits per heavy atom. The highest BCUT2D eigenvalue weighted by Crippen LogP contribution is 2.37. The Kier molecular flexibility index (Phi) is 4.97. The standard InChI is InChI=1S/C21H21N3OS/c25-20(16-9-5-2-1-3-6-10-16)23-18-15-22-21-17(11-14-26-21)19(18)24-12-7-4-8-13-24/h1-3,5-6,9-11,14-15H,4,7-8,12-13H2,(H,23,25). The third kappa shape index (κ3) is 3.48. The number of nitrogens with zero attached hydrogens (tertiary/aromatic N) is 2. The molecular formula is C21H21N3OS. The number of hydrogen-bond acceptors (Lipinski definition) is 4. The molecule has 4 nitrogen and oxygen atoms in total. The summed E-state index contributed by atoms with van der Waals surface area (Å²) in [4.78, 5) is 20.8. The smallest absolute Gasteiger partial charge is 0.255 e. The van der Waals surface area contributed by atoms with E-state index in [0.29, 0.717) is 5.57 Å². The Hall–Kier alpha value is -2.66. The lowest BCUT2D eigenvalue weighted by Gasteiger charge is -2.31. The van der Waals surface area contributed by atoms with Crippen LogP contribution in [0.1, 0.15) is 19.3 Å². The van der Waals surface area contributed by atoms with Crippen LogP contribution in [0.25, 0.3) is 10.2 Å². The van der Waals surface area contributed by atoms with Crippen molar-refractivity contribution in [2.45, 2.75) is 19.3 Å². The molecule has 1 fully saturated rings. The minimum atomic E-state index is -0.115. The van der Waals surface area contributed by atoms with Gasteiger partial charge in [0.15, 0.2) is 0 Å². The SMILES string of the molecule is O=C(Nc1cnc2sccc2c1N1CCCCC1)C1=CC=CC=CC=C1. The van der Waals surface area contributed by atoms with Gasteiger partial charge in [-0.3, -0.25) is 4.79 Å². The Balaban J connectivity index is 1.68. The number of allylic oxidation sites excluding steroid dienone is 6. The van der Waals surface area contributed by atoms with Gasteiger partial charge in [0.05, 0.1) is 17.6 Å². The molecule has 1 saturated heterocycles. The van der Waals surface area contributed by atoms with E-state index in [-0.39, 0.29) is 5.91 Å². The van der Waals surface area contributed by atoms with Gasteiger partial charge in [-0.05, 0) is 42.9 Å². The first kappa shape index (κ1) is 16.8. The molecule has 26 heavy (non-hydrogen) atoms. The van der Waals surface area contributed by atoms with Crippen LogP contribution in [0.15, 0.2) is 65.7 Å². The molecule has 0 bridgehead atoms. The van der Waals surface area contributed by atoms with Gasteiger partial charge >= 0.3 is 0 Å². The number of amides is 1. The number of nitrogens with one attached hydrogen (secondary N) is 1. The van der Waals surface area contributed by atoms with Crippen molar-refractivity contribution < 1.29 is 4.79 Å². The van der Waals surface area contributed by atoms with Crippen molar-refractivity contribution in [3.8, 4) is 0 Å². The molecule has 0 aromatic carbocycles. The summed E-state index contributed by atoms with van der Waals surface area (Å²) in [5.41, 5.74) is 2.52. The van der Waals surface area contributed by atoms with E-state index in [0.717, 1.165) is 34.7 Å². The number of carbonyl (C=O) groups excluding carboxylic acids is 1. The van der Waals surface area contributed by atoms with E-state index in [1.807, 2.05) is 42.5 Å². The molecule has 1 N–H and O–H groups in total. The topological polar surface area (TPSA) is 45.2 Å². The lowest BCUT2D eigenvalue weighted by atomic mass is 10.1. The summed E-state index contributed by atoms with van der Waals surface area (Å²) < 4.78 is 0. The van der Waals surface area contributed by atoms with E-state index >= 15 is 0 Å². The summed E-state index contributed by atoms with van der Waals surface area (Å²) in [7, 11) is 0. The van der Waals surface area contributed by atoms with Gasteiger partial charge in [0.2, 0.25) is 0 Å². The second-order valence-corrected chi connectivity index (χ2v) is 7.31. The monoisotopic (exact) mass is 363 g/mol. The molecule has 3 heterocycles. The molecule has 132 valence electrons. The van der Waals surface area contributed by atoms with Crippen molar-refractivity contribution >= 4 is 38.8 Å². The first-order chi connectivity index (χ1) is 12.8. The molecule has 0 unspecified atom stereocenters. The maximum absolute atomic E-state index is 12.8. The van der Waals surface area contributed by atoms with Crippen LogP contribution >= 0.6 is 11.3 Å². The first-order valence-electron chi connectivity index (χ1n) is 8.97. The normalized spacial score (nSPS) is 17.1. The number of aromatic nitrogens is 1. The second kappa shape index (κ2) is 7.70. The highest BCUT2D eigenvalue weighted by molar-refractivity contribution is 7.16. The van der Waals surface area contributed by atoms with Gasteiger partial charge in [-0.25, -0.2) is 4.98 Å². The average molecular weight is 363 g/mol. The molecule has 5 heteroatoms. The molecule has 0 radical (unpaired) electrons. The highest BCUT2D eigenvalue weighted by atomic mass is 32.1. The summed E-state index contributed by atoms with van der Waals surface area (Å²) in [5, 5.41) is 6.28. The number of thiophene rings is 1. The van der Waals surface area contributed by atoms with Crippen molar-refractivity contribution in [2.24, 2.45) is 0 Å². The van der Waals surface area contributed by atoms with Gasteiger partial charge in [-0.2, -0.15) is 0 Å². The van der Waals surface area contributed by atoms with Crippen molar-refractivity contribution in [3.05, 3.63) is 65.7 Å². The number of fused-ring (bicyclic) bond motifs is 1. The number of rotatable bonds is 3. The molecule has 0 atom stereocenters. The average Bonchev–Trinajstić information content (AvgIpc) is 3.10. The predicted molar refractivity (Wildman–Crippen MR) is 110 cm³/mol. The summed E-state index contributed by atoms with van der Waals surface area (Å²) >= 11 is 1.64. The Labute approximate surface area is 157 Å². The molecular weight excluding hydrogens is 342 g/mol. The lowest BCUT2D eigenvalue weighted by Crippen LogP contribution is -2.30. The van der Waals surface area contributed by atoms with Crippen LogP contribution in [-0.4, -0.2) is 24.0 Å². The van der Waals surface area contributed by atoms with Gasteiger partial charge in [0, 0.05) is 24.0 Å². The molecule has 0 saturated carbocycles. The van der Waals surface area contributed by atoms with E-state index in [1.54, 1.807) is 17.5 Å². The predicted octanol–water partition coefficient (Wildman–Crippen LogP) is 4.83. The van der Waals surface area contributed by atoms with Crippen LogP contribution in [-0.2, 0) is 4.79 Å². The first-order valence-corrected chi connectivity index (χ1v) is 9.85. The third-order valence-electron chi connectivity index (χ3n) is 4.64. The zero-order chi connectivity index (χ0) is 17.8. The van der Waals surface area contributed by atoms with Crippen molar-refractivity contribution in [1.29, 1.82) is 0 Å². The fraction of sp³-hybridized carbons (Fsp3) is 0.238. The molecule has 0 spiro atoms. The third-order valence-corrected chi connectivity index (χ3v) is 5.47. The van der Waals surface area contributed by atoms with Gasteiger partial charge in [0.25, 0.3) is 5.91 Å². The van der Waals surface area contributed by atoms with Crippen LogP contribution in [0, 0.1) is 0 Å². The minimum Gasteiger partial charge on any atom is -0.369 e. The summed E-state index contributed by atoms with van der Waals surface area (Å²) in [6.45, 7) is 2.04. The Morgan fingerprint density at radius 3 is 2.77 bits per heavy atom. The number of anilines is 2. The minimum absolute atomic E-state index is 0.115. The largest absolute Gasteiger partial charge is 0.369 e. The Bertz CT molecular complexity index is 930. The second-order valence-electron chi connectivity index (χ2n) is 6.41. The van der Waals surface area contributed by atoms with E-state index in [1.165, 1.54) is 19.3 Å². The van der Waals surface area contributed by atoms with Gasteiger partial charge < -0.3 is 10.2 Å². The van der Waals surface area contributed by atoms with Gasteiger partial charge in [-0.15, -0.1) is 11.3 Å². The van der Waals surface area contributed by atoms with Gasteiger partial charge in [-0.1, -0.05) is 30.4 Å². The molecule has 1 aliphatic heterocycles. The van der Waals surface area contributed by atoms with E-state index in [2.05, 4.69) is 26.6 Å². The fourth-order valence-corrected chi connectivity index (χ4v) is 4.11. The molecule has 2 aromatic heterocycles. The molecule has 1 amide bonds. The van der Waals surface area contributed by atoms with Crippen molar-refractivity contribution in [3.63, 3.8) is 0 Å². The van der Waals surface area contributed by atoms with Crippen LogP contribution < -0.4 is 10.2 Å². The van der Waals surface area contributed by atoms with E-state index in [9.17, 15) is 4.79 Å². The van der Waals surface area contributed by atoms with Crippen LogP contribution in [0.4, 0.5) is 11.4 Å². The molecule has 4 rings (SSSR count). The van der Waals surface area contributed by atoms with Crippen molar-refractivity contribution in [2.75, 3.05) is 23.3 Å². The van der Waals surface area contributed by atoms with E-state index in [4.69, 9.17) is 0 Å². The van der Waals surface area contributed by atoms with E-state index < -0.39 is 0 Å². The van der Waals surface area contributed by atoms with Gasteiger partial charge in [0.1, 0.15) is 4.83 Å². The maximum Gasteiger partial charge on any atom is 0.255 e. The molecule has 2 aliphatic rings. The van der Waals surface area contributed by atoms with Crippen LogP contribution in [0.5, 0.6) is 0 Å². The fourth-order valence-electron chi connectivity index (χ4n) is 3.37. The zero-order valence-corrected chi connectivity index (χ0v) is 15.3. The molecule has 2 aromatic rings. The Morgan fingerprint density at radius 1 is 1.08 bits per heavy atom. The summed E-state index contributed by atoms with van der Waals surface area (Å²) in [6, 6.07) is 2.11. The summed E-state index contributed by atoms with van der Waals surface area (Å²) in [6.07, 6.45) is 18.6. The lowest BCUT2D eigenvalue weighted by molar-refractivity contribution is -0.112.